The lowest BCUT2D eigenvalue weighted by Gasteiger charge is -2.06. The SMILES string of the molecule is CCNC(=O)c1ccc(-n2nc(-c3ccc(C(=O)NCCC[NH3+])cc3)c3ccccc32)cc1. The van der Waals surface area contributed by atoms with Crippen molar-refractivity contribution >= 4 is 22.7 Å². The normalized spacial score (nSPS) is 10.8. The average molecular weight is 443 g/mol. The van der Waals surface area contributed by atoms with Gasteiger partial charge in [-0.1, -0.05) is 30.3 Å². The molecular weight excluding hydrogens is 414 g/mol. The van der Waals surface area contributed by atoms with Gasteiger partial charge in [0.25, 0.3) is 11.8 Å². The van der Waals surface area contributed by atoms with E-state index in [0.717, 1.165) is 40.8 Å². The summed E-state index contributed by atoms with van der Waals surface area (Å²) in [6.07, 6.45) is 0.859. The number of para-hydroxylation sites is 1. The molecule has 0 radical (unpaired) electrons. The van der Waals surface area contributed by atoms with Crippen molar-refractivity contribution in [2.24, 2.45) is 0 Å². The molecule has 0 saturated carbocycles. The van der Waals surface area contributed by atoms with Crippen molar-refractivity contribution in [3.8, 4) is 16.9 Å². The Labute approximate surface area is 192 Å². The number of quaternary nitrogens is 1. The zero-order valence-electron chi connectivity index (χ0n) is 18.7. The van der Waals surface area contributed by atoms with E-state index in [1.54, 1.807) is 12.1 Å². The third-order valence-electron chi connectivity index (χ3n) is 5.43. The molecule has 4 rings (SSSR count). The molecule has 0 aliphatic heterocycles. The first-order chi connectivity index (χ1) is 16.1. The molecule has 1 aromatic heterocycles. The zero-order chi connectivity index (χ0) is 23.2. The molecule has 7 nitrogen and oxygen atoms in total. The van der Waals surface area contributed by atoms with Crippen molar-refractivity contribution in [1.82, 2.24) is 20.4 Å². The first-order valence-electron chi connectivity index (χ1n) is 11.2. The van der Waals surface area contributed by atoms with Gasteiger partial charge in [0, 0.05) is 41.6 Å². The van der Waals surface area contributed by atoms with Gasteiger partial charge in [-0.25, -0.2) is 4.68 Å². The molecule has 2 amide bonds. The van der Waals surface area contributed by atoms with Crippen LogP contribution < -0.4 is 16.4 Å². The lowest BCUT2D eigenvalue weighted by Crippen LogP contribution is -2.51. The van der Waals surface area contributed by atoms with Crippen LogP contribution in [0.3, 0.4) is 0 Å². The van der Waals surface area contributed by atoms with Gasteiger partial charge < -0.3 is 16.4 Å². The Bertz CT molecular complexity index is 1260. The lowest BCUT2D eigenvalue weighted by atomic mass is 10.1. The standard InChI is InChI=1S/C26H27N5O2/c1-2-28-25(32)20-12-14-21(15-13-20)31-23-7-4-3-6-22(23)24(30-31)18-8-10-19(11-9-18)26(33)29-17-5-16-27/h3-4,6-15H,2,5,16-17,27H2,1H3,(H,28,32)(H,29,33)/p+1. The van der Waals surface area contributed by atoms with Crippen LogP contribution in [0.25, 0.3) is 27.8 Å². The summed E-state index contributed by atoms with van der Waals surface area (Å²) in [7, 11) is 0. The molecule has 0 fully saturated rings. The minimum absolute atomic E-state index is 0.0856. The first kappa shape index (κ1) is 22.2. The molecular formula is C26H28N5O2+. The van der Waals surface area contributed by atoms with Crippen molar-refractivity contribution in [2.75, 3.05) is 19.6 Å². The molecule has 0 atom stereocenters. The van der Waals surface area contributed by atoms with Crippen LogP contribution >= 0.6 is 0 Å². The number of nitrogens with zero attached hydrogens (tertiary/aromatic N) is 2. The van der Waals surface area contributed by atoms with Gasteiger partial charge in [0.05, 0.1) is 17.7 Å². The molecule has 7 heteroatoms. The minimum atomic E-state index is -0.0921. The number of hydrogen-bond acceptors (Lipinski definition) is 3. The summed E-state index contributed by atoms with van der Waals surface area (Å²) in [6.45, 7) is 3.90. The fourth-order valence-electron chi connectivity index (χ4n) is 3.70. The van der Waals surface area contributed by atoms with Crippen LogP contribution in [0.5, 0.6) is 0 Å². The maximum absolute atomic E-state index is 12.3. The van der Waals surface area contributed by atoms with Crippen molar-refractivity contribution in [3.05, 3.63) is 83.9 Å². The van der Waals surface area contributed by atoms with Gasteiger partial charge in [-0.3, -0.25) is 9.59 Å². The summed E-state index contributed by atoms with van der Waals surface area (Å²) >= 11 is 0. The molecule has 1 heterocycles. The van der Waals surface area contributed by atoms with E-state index in [9.17, 15) is 9.59 Å². The molecule has 0 spiro atoms. The second-order valence-corrected chi connectivity index (χ2v) is 7.72. The Balaban J connectivity index is 1.65. The van der Waals surface area contributed by atoms with E-state index in [1.165, 1.54) is 0 Å². The Morgan fingerprint density at radius 3 is 2.18 bits per heavy atom. The van der Waals surface area contributed by atoms with Gasteiger partial charge in [-0.05, 0) is 49.4 Å². The number of rotatable bonds is 8. The van der Waals surface area contributed by atoms with Crippen LogP contribution in [0.4, 0.5) is 0 Å². The summed E-state index contributed by atoms with van der Waals surface area (Å²) in [5, 5.41) is 11.6. The molecule has 5 N–H and O–H groups in total. The quantitative estimate of drug-likeness (QED) is 0.366. The van der Waals surface area contributed by atoms with Gasteiger partial charge in [-0.15, -0.1) is 0 Å². The van der Waals surface area contributed by atoms with Gasteiger partial charge in [0.1, 0.15) is 5.69 Å². The third kappa shape index (κ3) is 4.78. The van der Waals surface area contributed by atoms with Crippen LogP contribution in [-0.4, -0.2) is 41.2 Å². The third-order valence-corrected chi connectivity index (χ3v) is 5.43. The first-order valence-corrected chi connectivity index (χ1v) is 11.2. The Kier molecular flexibility index (Phi) is 6.80. The van der Waals surface area contributed by atoms with E-state index < -0.39 is 0 Å². The number of amides is 2. The van der Waals surface area contributed by atoms with Crippen molar-refractivity contribution < 1.29 is 15.3 Å². The number of aromatic nitrogens is 2. The van der Waals surface area contributed by atoms with Gasteiger partial charge in [0.2, 0.25) is 0 Å². The fourth-order valence-corrected chi connectivity index (χ4v) is 3.70. The monoisotopic (exact) mass is 442 g/mol. The topological polar surface area (TPSA) is 104 Å². The van der Waals surface area contributed by atoms with Crippen molar-refractivity contribution in [2.45, 2.75) is 13.3 Å². The number of hydrogen-bond donors (Lipinski definition) is 3. The Hall–Kier alpha value is -3.97. The minimum Gasteiger partial charge on any atom is -0.358 e. The molecule has 33 heavy (non-hydrogen) atoms. The van der Waals surface area contributed by atoms with Crippen LogP contribution in [0.15, 0.2) is 72.8 Å². The molecule has 0 saturated heterocycles. The molecule has 168 valence electrons. The summed E-state index contributed by atoms with van der Waals surface area (Å²) in [5.74, 6) is -0.178. The highest BCUT2D eigenvalue weighted by Gasteiger charge is 2.15. The van der Waals surface area contributed by atoms with Crippen molar-refractivity contribution in [3.63, 3.8) is 0 Å². The predicted octanol–water partition coefficient (Wildman–Crippen LogP) is 2.80. The summed E-state index contributed by atoms with van der Waals surface area (Å²) in [4.78, 5) is 24.4. The van der Waals surface area contributed by atoms with Gasteiger partial charge >= 0.3 is 0 Å². The maximum Gasteiger partial charge on any atom is 0.251 e. The summed E-state index contributed by atoms with van der Waals surface area (Å²) < 4.78 is 1.88. The predicted molar refractivity (Wildman–Crippen MR) is 129 cm³/mol. The Morgan fingerprint density at radius 2 is 1.52 bits per heavy atom. The zero-order valence-corrected chi connectivity index (χ0v) is 18.7. The Morgan fingerprint density at radius 1 is 0.879 bits per heavy atom. The highest BCUT2D eigenvalue weighted by molar-refractivity contribution is 5.97. The second-order valence-electron chi connectivity index (χ2n) is 7.72. The molecule has 0 aliphatic carbocycles. The lowest BCUT2D eigenvalue weighted by molar-refractivity contribution is -0.367. The van der Waals surface area contributed by atoms with E-state index in [2.05, 4.69) is 16.4 Å². The highest BCUT2D eigenvalue weighted by atomic mass is 16.2. The smallest absolute Gasteiger partial charge is 0.251 e. The van der Waals surface area contributed by atoms with Crippen LogP contribution in [0.2, 0.25) is 0 Å². The van der Waals surface area contributed by atoms with Gasteiger partial charge in [-0.2, -0.15) is 5.10 Å². The van der Waals surface area contributed by atoms with Crippen LogP contribution in [0, 0.1) is 0 Å². The molecule has 0 unspecified atom stereocenters. The van der Waals surface area contributed by atoms with Crippen LogP contribution in [0.1, 0.15) is 34.1 Å². The molecule has 4 aromatic rings. The van der Waals surface area contributed by atoms with E-state index in [1.807, 2.05) is 72.3 Å². The maximum atomic E-state index is 12.3. The van der Waals surface area contributed by atoms with E-state index in [4.69, 9.17) is 5.10 Å². The number of fused-ring (bicyclic) bond motifs is 1. The average Bonchev–Trinajstić information content (AvgIpc) is 3.24. The number of carbonyl (C=O) groups is 2. The van der Waals surface area contributed by atoms with E-state index >= 15 is 0 Å². The van der Waals surface area contributed by atoms with Crippen LogP contribution in [-0.2, 0) is 0 Å². The van der Waals surface area contributed by atoms with Crippen molar-refractivity contribution in [1.29, 1.82) is 0 Å². The van der Waals surface area contributed by atoms with Gasteiger partial charge in [0.15, 0.2) is 0 Å². The summed E-state index contributed by atoms with van der Waals surface area (Å²) in [6, 6.07) is 22.9. The van der Waals surface area contributed by atoms with E-state index in [0.29, 0.717) is 24.2 Å². The summed E-state index contributed by atoms with van der Waals surface area (Å²) in [5.41, 5.74) is 8.62. The molecule has 3 aromatic carbocycles. The number of benzene rings is 3. The van der Waals surface area contributed by atoms with E-state index in [-0.39, 0.29) is 11.8 Å². The molecule has 0 aliphatic rings. The number of nitrogens with one attached hydrogen (secondary N) is 2. The highest BCUT2D eigenvalue weighted by Crippen LogP contribution is 2.30. The fraction of sp³-hybridized carbons (Fsp3) is 0.192. The number of carbonyl (C=O) groups excluding carboxylic acids is 2. The second kappa shape index (κ2) is 10.1. The largest absolute Gasteiger partial charge is 0.358 e. The molecule has 0 bridgehead atoms.